The molecule has 0 aliphatic carbocycles. The summed E-state index contributed by atoms with van der Waals surface area (Å²) in [6.45, 7) is 15.4. The number of hydrogen-bond donors (Lipinski definition) is 2. The molecular formula is C26H38N2O8. The van der Waals surface area contributed by atoms with Gasteiger partial charge in [0.2, 0.25) is 0 Å². The van der Waals surface area contributed by atoms with Crippen LogP contribution in [-0.2, 0) is 39.6 Å². The third-order valence-corrected chi connectivity index (χ3v) is 5.07. The summed E-state index contributed by atoms with van der Waals surface area (Å²) < 4.78 is 20.1. The van der Waals surface area contributed by atoms with Gasteiger partial charge in [0.25, 0.3) is 0 Å². The van der Waals surface area contributed by atoms with Crippen LogP contribution in [0.25, 0.3) is 0 Å². The Kier molecular flexibility index (Phi) is 11.4. The molecule has 10 heteroatoms. The van der Waals surface area contributed by atoms with Crippen LogP contribution in [0, 0.1) is 5.92 Å². The van der Waals surface area contributed by atoms with Crippen LogP contribution in [0.2, 0.25) is 0 Å². The van der Waals surface area contributed by atoms with Gasteiger partial charge in [-0.2, -0.15) is 0 Å². The predicted octanol–water partition coefficient (Wildman–Crippen LogP) is 3.93. The first-order chi connectivity index (χ1) is 16.7. The first-order valence-electron chi connectivity index (χ1n) is 11.7. The van der Waals surface area contributed by atoms with Crippen LogP contribution >= 0.6 is 0 Å². The number of benzene rings is 1. The molecule has 0 unspecified atom stereocenters. The van der Waals surface area contributed by atoms with E-state index in [1.165, 1.54) is 6.92 Å². The molecule has 0 radical (unpaired) electrons. The third kappa shape index (κ3) is 10.4. The highest BCUT2D eigenvalue weighted by molar-refractivity contribution is 5.86. The van der Waals surface area contributed by atoms with E-state index in [2.05, 4.69) is 17.2 Å². The van der Waals surface area contributed by atoms with Crippen molar-refractivity contribution in [1.82, 2.24) is 10.6 Å². The van der Waals surface area contributed by atoms with Crippen molar-refractivity contribution < 1.29 is 38.1 Å². The van der Waals surface area contributed by atoms with Gasteiger partial charge >= 0.3 is 24.1 Å². The minimum atomic E-state index is -0.807. The molecule has 1 rings (SSSR count). The Morgan fingerprint density at radius 3 is 1.64 bits per heavy atom. The molecule has 0 bridgehead atoms. The second-order valence-corrected chi connectivity index (χ2v) is 9.59. The van der Waals surface area contributed by atoms with E-state index in [4.69, 9.17) is 18.9 Å². The average molecular weight is 507 g/mol. The molecule has 0 fully saturated rings. The largest absolute Gasteiger partial charge is 0.462 e. The number of carbonyl (C=O) groups is 4. The Bertz CT molecular complexity index is 953. The van der Waals surface area contributed by atoms with Crippen molar-refractivity contribution in [3.8, 4) is 0 Å². The van der Waals surface area contributed by atoms with Gasteiger partial charge in [-0.05, 0) is 45.7 Å². The highest BCUT2D eigenvalue weighted by Gasteiger charge is 2.28. The SMILES string of the molecule is C=C(C)C(=O)OCCOC(=O)NC(C)(C)c1cccc(C(C)(C)NC(=O)OCCOC(=O)C(C)C)c1. The number of rotatable bonds is 12. The van der Waals surface area contributed by atoms with E-state index >= 15 is 0 Å². The Morgan fingerprint density at radius 1 is 0.806 bits per heavy atom. The Balaban J connectivity index is 2.67. The summed E-state index contributed by atoms with van der Waals surface area (Å²) in [4.78, 5) is 47.3. The summed E-state index contributed by atoms with van der Waals surface area (Å²) in [5, 5.41) is 5.57. The Morgan fingerprint density at radius 2 is 1.22 bits per heavy atom. The summed E-state index contributed by atoms with van der Waals surface area (Å²) >= 11 is 0. The molecule has 0 saturated heterocycles. The second-order valence-electron chi connectivity index (χ2n) is 9.59. The summed E-state index contributed by atoms with van der Waals surface area (Å²) in [6.07, 6.45) is -1.32. The molecule has 0 atom stereocenters. The van der Waals surface area contributed by atoms with E-state index in [0.717, 1.165) is 11.1 Å². The van der Waals surface area contributed by atoms with E-state index < -0.39 is 29.2 Å². The number of ether oxygens (including phenoxy) is 4. The molecule has 0 aromatic heterocycles. The van der Waals surface area contributed by atoms with Gasteiger partial charge in [0.15, 0.2) is 0 Å². The van der Waals surface area contributed by atoms with Gasteiger partial charge < -0.3 is 29.6 Å². The second kappa shape index (κ2) is 13.5. The molecule has 1 aromatic carbocycles. The van der Waals surface area contributed by atoms with Crippen LogP contribution in [0.5, 0.6) is 0 Å². The van der Waals surface area contributed by atoms with E-state index in [0.29, 0.717) is 0 Å². The van der Waals surface area contributed by atoms with Gasteiger partial charge in [0.1, 0.15) is 26.4 Å². The zero-order valence-corrected chi connectivity index (χ0v) is 22.2. The maximum atomic E-state index is 12.3. The predicted molar refractivity (Wildman–Crippen MR) is 133 cm³/mol. The topological polar surface area (TPSA) is 129 Å². The lowest BCUT2D eigenvalue weighted by molar-refractivity contribution is -0.148. The molecule has 0 spiro atoms. The number of carbonyl (C=O) groups excluding carboxylic acids is 4. The van der Waals surface area contributed by atoms with Gasteiger partial charge in [-0.15, -0.1) is 0 Å². The third-order valence-electron chi connectivity index (χ3n) is 5.07. The van der Waals surface area contributed by atoms with Crippen LogP contribution in [0.4, 0.5) is 9.59 Å². The van der Waals surface area contributed by atoms with Gasteiger partial charge in [0, 0.05) is 5.57 Å². The first kappa shape index (κ1) is 30.5. The smallest absolute Gasteiger partial charge is 0.407 e. The highest BCUT2D eigenvalue weighted by atomic mass is 16.6. The van der Waals surface area contributed by atoms with Crippen molar-refractivity contribution in [3.63, 3.8) is 0 Å². The number of hydrogen-bond acceptors (Lipinski definition) is 8. The number of alkyl carbamates (subject to hydrolysis) is 2. The zero-order chi connectivity index (χ0) is 27.5. The lowest BCUT2D eigenvalue weighted by atomic mass is 9.87. The zero-order valence-electron chi connectivity index (χ0n) is 22.2. The Hall–Kier alpha value is -3.56. The molecule has 2 amide bonds. The minimum absolute atomic E-state index is 0.0212. The van der Waals surface area contributed by atoms with Gasteiger partial charge in [0.05, 0.1) is 17.0 Å². The van der Waals surface area contributed by atoms with Crippen LogP contribution in [0.15, 0.2) is 36.4 Å². The fourth-order valence-corrected chi connectivity index (χ4v) is 2.86. The van der Waals surface area contributed by atoms with Crippen molar-refractivity contribution in [2.75, 3.05) is 26.4 Å². The summed E-state index contributed by atoms with van der Waals surface area (Å²) in [5.41, 5.74) is 0.204. The van der Waals surface area contributed by atoms with E-state index in [9.17, 15) is 19.2 Å². The molecule has 0 heterocycles. The van der Waals surface area contributed by atoms with Crippen LogP contribution in [-0.4, -0.2) is 50.6 Å². The van der Waals surface area contributed by atoms with Crippen molar-refractivity contribution in [1.29, 1.82) is 0 Å². The monoisotopic (exact) mass is 506 g/mol. The standard InChI is InChI=1S/C26H38N2O8/c1-17(2)21(29)33-12-14-35-23(31)27-25(5,6)19-10-9-11-20(16-19)26(7,8)28-24(32)36-15-13-34-22(30)18(3)4/h9-11,16,18H,1,12-15H2,2-8H3,(H,27,31)(H,28,32). The molecule has 200 valence electrons. The van der Waals surface area contributed by atoms with Crippen LogP contribution < -0.4 is 10.6 Å². The summed E-state index contributed by atoms with van der Waals surface area (Å²) in [6, 6.07) is 7.37. The maximum Gasteiger partial charge on any atom is 0.407 e. The molecular weight excluding hydrogens is 468 g/mol. The quantitative estimate of drug-likeness (QED) is 0.189. The van der Waals surface area contributed by atoms with Crippen LogP contribution in [0.3, 0.4) is 0 Å². The molecule has 0 aliphatic rings. The van der Waals surface area contributed by atoms with Crippen molar-refractivity contribution in [3.05, 3.63) is 47.5 Å². The normalized spacial score (nSPS) is 11.3. The summed E-state index contributed by atoms with van der Waals surface area (Å²) in [7, 11) is 0. The van der Waals surface area contributed by atoms with Crippen molar-refractivity contribution >= 4 is 24.1 Å². The fraction of sp³-hybridized carbons (Fsp3) is 0.538. The lowest BCUT2D eigenvalue weighted by Gasteiger charge is -2.30. The maximum absolute atomic E-state index is 12.3. The fourth-order valence-electron chi connectivity index (χ4n) is 2.86. The van der Waals surface area contributed by atoms with E-state index in [-0.39, 0.29) is 43.9 Å². The van der Waals surface area contributed by atoms with E-state index in [1.807, 2.05) is 52.0 Å². The number of amides is 2. The van der Waals surface area contributed by atoms with Gasteiger partial charge in [-0.3, -0.25) is 4.79 Å². The molecule has 36 heavy (non-hydrogen) atoms. The molecule has 0 aliphatic heterocycles. The molecule has 2 N–H and O–H groups in total. The van der Waals surface area contributed by atoms with Gasteiger partial charge in [-0.25, -0.2) is 14.4 Å². The molecule has 1 aromatic rings. The first-order valence-corrected chi connectivity index (χ1v) is 11.7. The molecule has 10 nitrogen and oxygen atoms in total. The minimum Gasteiger partial charge on any atom is -0.462 e. The molecule has 0 saturated carbocycles. The average Bonchev–Trinajstić information content (AvgIpc) is 2.78. The summed E-state index contributed by atoms with van der Waals surface area (Å²) in [5.74, 6) is -1.16. The van der Waals surface area contributed by atoms with Crippen molar-refractivity contribution in [2.24, 2.45) is 5.92 Å². The lowest BCUT2D eigenvalue weighted by Crippen LogP contribution is -2.43. The number of esters is 2. The number of nitrogens with one attached hydrogen (secondary N) is 2. The highest BCUT2D eigenvalue weighted by Crippen LogP contribution is 2.27. The van der Waals surface area contributed by atoms with Gasteiger partial charge in [-0.1, -0.05) is 44.7 Å². The van der Waals surface area contributed by atoms with Crippen LogP contribution in [0.1, 0.15) is 59.6 Å². The van der Waals surface area contributed by atoms with Crippen molar-refractivity contribution in [2.45, 2.75) is 59.5 Å². The van der Waals surface area contributed by atoms with E-state index in [1.54, 1.807) is 13.8 Å². The Labute approximate surface area is 212 Å².